The van der Waals surface area contributed by atoms with Gasteiger partial charge < -0.3 is 33.5 Å². The van der Waals surface area contributed by atoms with Crippen molar-refractivity contribution in [2.45, 2.75) is 170 Å². The molecule has 0 aromatic rings. The Labute approximate surface area is 326 Å². The fraction of sp³-hybridized carbons (Fsp3) is 0.837. The van der Waals surface area contributed by atoms with Gasteiger partial charge in [-0.25, -0.2) is 4.79 Å². The summed E-state index contributed by atoms with van der Waals surface area (Å²) in [7, 11) is 1.12. The molecule has 5 aliphatic carbocycles. The number of carbonyl (C=O) groups excluding carboxylic acids is 5. The highest BCUT2D eigenvalue weighted by Gasteiger charge is 2.70. The molecule has 13 atom stereocenters. The summed E-state index contributed by atoms with van der Waals surface area (Å²) < 4.78 is 33.9. The Morgan fingerprint density at radius 1 is 0.727 bits per heavy atom. The van der Waals surface area contributed by atoms with Crippen LogP contribution in [0.2, 0.25) is 0 Å². The number of hydrogen-bond acceptors (Lipinski definition) is 12. The molecule has 6 aliphatic rings. The predicted molar refractivity (Wildman–Crippen MR) is 198 cm³/mol. The minimum atomic E-state index is -1.68. The van der Waals surface area contributed by atoms with Crippen LogP contribution in [-0.4, -0.2) is 78.9 Å². The van der Waals surface area contributed by atoms with E-state index in [1.807, 2.05) is 0 Å². The number of hydrogen-bond donors (Lipinski definition) is 1. The average Bonchev–Trinajstić information content (AvgIpc) is 3.08. The summed E-state index contributed by atoms with van der Waals surface area (Å²) in [5.74, 6) is -3.18. The molecule has 12 nitrogen and oxygen atoms in total. The zero-order valence-electron chi connectivity index (χ0n) is 34.8. The maximum Gasteiger partial charge on any atom is 0.339 e. The lowest BCUT2D eigenvalue weighted by atomic mass is 9.33. The van der Waals surface area contributed by atoms with E-state index in [0.29, 0.717) is 24.7 Å². The molecule has 6 rings (SSSR count). The Morgan fingerprint density at radius 3 is 1.95 bits per heavy atom. The normalized spacial score (nSPS) is 44.1. The smallest absolute Gasteiger partial charge is 0.339 e. The maximum absolute atomic E-state index is 15.1. The third-order valence-corrected chi connectivity index (χ3v) is 16.1. The van der Waals surface area contributed by atoms with Crippen LogP contribution in [0.25, 0.3) is 0 Å². The summed E-state index contributed by atoms with van der Waals surface area (Å²) in [4.78, 5) is 65.3. The second kappa shape index (κ2) is 14.1. The molecule has 308 valence electrons. The second-order valence-electron chi connectivity index (χ2n) is 19.8. The lowest BCUT2D eigenvalue weighted by Crippen LogP contribution is -2.66. The minimum absolute atomic E-state index is 0.0258. The van der Waals surface area contributed by atoms with E-state index in [9.17, 15) is 24.3 Å². The van der Waals surface area contributed by atoms with E-state index >= 15 is 4.79 Å². The van der Waals surface area contributed by atoms with E-state index in [4.69, 9.17) is 28.4 Å². The Morgan fingerprint density at radius 2 is 1.33 bits per heavy atom. The van der Waals surface area contributed by atoms with Gasteiger partial charge in [-0.2, -0.15) is 0 Å². The number of ether oxygens (including phenoxy) is 6. The summed E-state index contributed by atoms with van der Waals surface area (Å²) in [6, 6.07) is 0. The highest BCUT2D eigenvalue weighted by Crippen LogP contribution is 2.76. The van der Waals surface area contributed by atoms with Gasteiger partial charge in [0.25, 0.3) is 0 Å². The lowest BCUT2D eigenvalue weighted by molar-refractivity contribution is -0.298. The van der Waals surface area contributed by atoms with Crippen molar-refractivity contribution in [3.8, 4) is 0 Å². The monoisotopic (exact) mass is 772 g/mol. The van der Waals surface area contributed by atoms with Crippen LogP contribution in [-0.2, 0) is 52.4 Å². The van der Waals surface area contributed by atoms with Gasteiger partial charge in [-0.05, 0) is 109 Å². The molecule has 0 radical (unpaired) electrons. The van der Waals surface area contributed by atoms with Crippen molar-refractivity contribution in [1.29, 1.82) is 0 Å². The molecule has 1 heterocycles. The third-order valence-electron chi connectivity index (χ3n) is 16.1. The first-order chi connectivity index (χ1) is 25.5. The van der Waals surface area contributed by atoms with Crippen molar-refractivity contribution < 1.29 is 57.5 Å². The molecular weight excluding hydrogens is 708 g/mol. The number of allylic oxidation sites excluding steroid dienone is 2. The van der Waals surface area contributed by atoms with Crippen molar-refractivity contribution in [2.75, 3.05) is 7.11 Å². The molecule has 55 heavy (non-hydrogen) atoms. The topological polar surface area (TPSA) is 161 Å². The van der Waals surface area contributed by atoms with Crippen molar-refractivity contribution in [3.63, 3.8) is 0 Å². The number of methoxy groups -OCH3 is 1. The minimum Gasteiger partial charge on any atom is -0.467 e. The highest BCUT2D eigenvalue weighted by atomic mass is 16.7. The summed E-state index contributed by atoms with van der Waals surface area (Å²) >= 11 is 0. The number of esters is 5. The van der Waals surface area contributed by atoms with Crippen LogP contribution >= 0.6 is 0 Å². The van der Waals surface area contributed by atoms with Gasteiger partial charge in [-0.15, -0.1) is 0 Å². The quantitative estimate of drug-likeness (QED) is 0.180. The van der Waals surface area contributed by atoms with Gasteiger partial charge in [-0.1, -0.05) is 60.1 Å². The maximum atomic E-state index is 15.1. The van der Waals surface area contributed by atoms with Crippen LogP contribution < -0.4 is 0 Å². The number of fused-ring (bicyclic) bond motifs is 7. The van der Waals surface area contributed by atoms with Crippen molar-refractivity contribution in [1.82, 2.24) is 0 Å². The number of rotatable bonds is 6. The number of aliphatic hydroxyl groups is 1. The second-order valence-corrected chi connectivity index (χ2v) is 19.8. The fourth-order valence-corrected chi connectivity index (χ4v) is 13.0. The third kappa shape index (κ3) is 6.62. The molecule has 0 bridgehead atoms. The highest BCUT2D eigenvalue weighted by molar-refractivity contribution is 5.80. The van der Waals surface area contributed by atoms with Gasteiger partial charge in [0.1, 0.15) is 0 Å². The number of aliphatic hydroxyl groups excluding tert-OH is 1. The first-order valence-corrected chi connectivity index (χ1v) is 20.3. The molecule has 0 amide bonds. The van der Waals surface area contributed by atoms with E-state index in [1.165, 1.54) is 5.57 Å². The van der Waals surface area contributed by atoms with E-state index in [1.54, 1.807) is 0 Å². The van der Waals surface area contributed by atoms with E-state index in [0.717, 1.165) is 79.2 Å². The first kappa shape index (κ1) is 41.6. The van der Waals surface area contributed by atoms with Crippen LogP contribution in [0.3, 0.4) is 0 Å². The Kier molecular flexibility index (Phi) is 10.7. The van der Waals surface area contributed by atoms with Gasteiger partial charge in [-0.3, -0.25) is 19.2 Å². The van der Waals surface area contributed by atoms with E-state index in [-0.39, 0.29) is 39.1 Å². The number of carbonyl (C=O) groups is 5. The molecular formula is C43H64O12. The van der Waals surface area contributed by atoms with Gasteiger partial charge in [0.05, 0.1) is 18.6 Å². The molecule has 4 saturated carbocycles. The molecule has 1 N–H and O–H groups in total. The first-order valence-electron chi connectivity index (χ1n) is 20.3. The van der Waals surface area contributed by atoms with E-state index in [2.05, 4.69) is 54.5 Å². The molecule has 12 heteroatoms. The van der Waals surface area contributed by atoms with Crippen LogP contribution in [0.4, 0.5) is 0 Å². The molecule has 1 unspecified atom stereocenters. The molecule has 0 aromatic heterocycles. The van der Waals surface area contributed by atoms with Crippen LogP contribution in [0.15, 0.2) is 11.6 Å². The largest absolute Gasteiger partial charge is 0.467 e. The zero-order chi connectivity index (χ0) is 40.7. The Hall–Kier alpha value is -2.99. The van der Waals surface area contributed by atoms with Gasteiger partial charge in [0.2, 0.25) is 12.4 Å². The molecule has 0 spiro atoms. The molecule has 5 fully saturated rings. The summed E-state index contributed by atoms with van der Waals surface area (Å²) in [5.41, 5.74) is 0.0414. The van der Waals surface area contributed by atoms with Gasteiger partial charge in [0, 0.05) is 20.8 Å². The Bertz CT molecular complexity index is 1620. The van der Waals surface area contributed by atoms with Crippen molar-refractivity contribution in [3.05, 3.63) is 11.6 Å². The SMILES string of the molecule is COC(=O)[C@H]1OC(OC(=O)[C@]23CCC(C)(C)C[C@H]2C2=CC[C@@H]4[C@@]5(C)CC[C@H](O)C(C)(C)[C@@H]5CC[C@@]4(C)[C@]2(C)CC3)[C@H](OC(C)=O)[C@@H](OC(C)=O)[C@@H]1OC(C)=O. The van der Waals surface area contributed by atoms with Crippen molar-refractivity contribution in [2.24, 2.45) is 50.2 Å². The predicted octanol–water partition coefficient (Wildman–Crippen LogP) is 6.39. The molecule has 1 aliphatic heterocycles. The summed E-state index contributed by atoms with van der Waals surface area (Å²) in [6.45, 7) is 19.8. The van der Waals surface area contributed by atoms with Crippen LogP contribution in [0.1, 0.15) is 133 Å². The fourth-order valence-electron chi connectivity index (χ4n) is 13.0. The van der Waals surface area contributed by atoms with E-state index < -0.39 is 66.0 Å². The van der Waals surface area contributed by atoms with Gasteiger partial charge in [0.15, 0.2) is 18.3 Å². The van der Waals surface area contributed by atoms with Gasteiger partial charge >= 0.3 is 29.8 Å². The van der Waals surface area contributed by atoms with Crippen molar-refractivity contribution >= 4 is 29.8 Å². The summed E-state index contributed by atoms with van der Waals surface area (Å²) in [5, 5.41) is 11.1. The van der Waals surface area contributed by atoms with Crippen LogP contribution in [0.5, 0.6) is 0 Å². The standard InChI is InChI=1S/C43H64O12/c1-23(44)51-31-32(52-24(2)45)34(53-25(3)46)36(54-33(31)35(48)50-11)55-37(49)43-20-18-38(4,5)22-27(43)26-12-13-29-40(8)16-15-30(47)39(6,7)28(40)14-17-42(29,10)41(26,9)19-21-43/h12,27-34,36,47H,13-22H2,1-11H3/t27-,28-,29+,30-,31-,32-,33-,34+,36?,40-,41+,42+,43-/m0/s1. The lowest BCUT2D eigenvalue weighted by Gasteiger charge is -2.71. The summed E-state index contributed by atoms with van der Waals surface area (Å²) in [6.07, 6.45) is 2.44. The molecule has 0 aromatic carbocycles. The molecule has 1 saturated heterocycles. The Balaban J connectivity index is 1.38. The zero-order valence-corrected chi connectivity index (χ0v) is 34.8. The average molecular weight is 773 g/mol. The van der Waals surface area contributed by atoms with Crippen LogP contribution in [0, 0.1) is 50.2 Å².